The van der Waals surface area contributed by atoms with Crippen LogP contribution in [0.25, 0.3) is 0 Å². The quantitative estimate of drug-likeness (QED) is 0.642. The van der Waals surface area contributed by atoms with Crippen LogP contribution in [0.1, 0.15) is 24.0 Å². The number of hydrogen-bond acceptors (Lipinski definition) is 4. The first kappa shape index (κ1) is 23.5. The van der Waals surface area contributed by atoms with Gasteiger partial charge in [-0.3, -0.25) is 9.10 Å². The van der Waals surface area contributed by atoms with E-state index >= 15 is 0 Å². The zero-order chi connectivity index (χ0) is 22.4. The number of hydrogen-bond donors (Lipinski definition) is 1. The summed E-state index contributed by atoms with van der Waals surface area (Å²) < 4.78 is 68.8. The minimum Gasteiger partial charge on any atom is -0.497 e. The predicted molar refractivity (Wildman–Crippen MR) is 108 cm³/mol. The lowest BCUT2D eigenvalue weighted by Gasteiger charge is -2.22. The van der Waals surface area contributed by atoms with E-state index in [0.717, 1.165) is 18.4 Å². The lowest BCUT2D eigenvalue weighted by Crippen LogP contribution is -2.32. The molecular formula is C20H23F3N2O4S. The maximum Gasteiger partial charge on any atom is 0.416 e. The third-order valence-corrected chi connectivity index (χ3v) is 5.44. The molecule has 0 atom stereocenters. The third-order valence-electron chi connectivity index (χ3n) is 4.25. The summed E-state index contributed by atoms with van der Waals surface area (Å²) in [5, 5.41) is 2.55. The first-order valence-electron chi connectivity index (χ1n) is 9.05. The van der Waals surface area contributed by atoms with Crippen molar-refractivity contribution in [2.45, 2.75) is 25.6 Å². The zero-order valence-corrected chi connectivity index (χ0v) is 17.4. The van der Waals surface area contributed by atoms with E-state index in [2.05, 4.69) is 5.32 Å². The van der Waals surface area contributed by atoms with Crippen molar-refractivity contribution in [1.29, 1.82) is 0 Å². The fraction of sp³-hybridized carbons (Fsp3) is 0.350. The second kappa shape index (κ2) is 9.84. The number of alkyl halides is 3. The number of sulfonamides is 1. The number of halogens is 3. The van der Waals surface area contributed by atoms with Gasteiger partial charge < -0.3 is 10.1 Å². The molecule has 0 spiro atoms. The van der Waals surface area contributed by atoms with Crippen LogP contribution in [0.2, 0.25) is 0 Å². The van der Waals surface area contributed by atoms with Crippen molar-refractivity contribution >= 4 is 21.6 Å². The molecule has 2 aromatic carbocycles. The molecule has 30 heavy (non-hydrogen) atoms. The van der Waals surface area contributed by atoms with E-state index in [1.165, 1.54) is 23.5 Å². The number of amides is 1. The Morgan fingerprint density at radius 3 is 2.47 bits per heavy atom. The highest BCUT2D eigenvalue weighted by Gasteiger charge is 2.30. The molecule has 0 radical (unpaired) electrons. The van der Waals surface area contributed by atoms with Crippen LogP contribution in [0.5, 0.6) is 5.75 Å². The van der Waals surface area contributed by atoms with Gasteiger partial charge in [0.05, 0.1) is 24.6 Å². The highest BCUT2D eigenvalue weighted by Crippen LogP contribution is 2.29. The number of carbonyl (C=O) groups is 1. The number of rotatable bonds is 9. The highest BCUT2D eigenvalue weighted by atomic mass is 32.2. The van der Waals surface area contributed by atoms with E-state index in [1.54, 1.807) is 24.3 Å². The molecule has 0 saturated heterocycles. The third kappa shape index (κ3) is 6.94. The van der Waals surface area contributed by atoms with Gasteiger partial charge in [-0.05, 0) is 36.2 Å². The molecule has 0 aliphatic heterocycles. The predicted octanol–water partition coefficient (Wildman–Crippen LogP) is 3.58. The molecule has 0 fully saturated rings. The molecule has 0 saturated carbocycles. The lowest BCUT2D eigenvalue weighted by molar-refractivity contribution is -0.137. The van der Waals surface area contributed by atoms with Gasteiger partial charge in [-0.1, -0.05) is 18.2 Å². The number of carbonyl (C=O) groups excluding carboxylic acids is 1. The van der Waals surface area contributed by atoms with Gasteiger partial charge in [-0.25, -0.2) is 8.42 Å². The molecule has 1 N–H and O–H groups in total. The Morgan fingerprint density at radius 2 is 1.83 bits per heavy atom. The van der Waals surface area contributed by atoms with E-state index in [4.69, 9.17) is 4.74 Å². The SMILES string of the molecule is COc1cccc(N(CCCC(=O)NCc2cccc(C(F)(F)F)c2)S(C)(=O)=O)c1. The van der Waals surface area contributed by atoms with Crippen LogP contribution in [0, 0.1) is 0 Å². The minimum absolute atomic E-state index is 0.0228. The second-order valence-electron chi connectivity index (χ2n) is 6.62. The molecule has 0 aliphatic carbocycles. The van der Waals surface area contributed by atoms with Crippen molar-refractivity contribution in [3.05, 3.63) is 59.7 Å². The Bertz CT molecular complexity index is 978. The number of anilines is 1. The summed E-state index contributed by atoms with van der Waals surface area (Å²) in [6.07, 6.45) is -3.12. The summed E-state index contributed by atoms with van der Waals surface area (Å²) in [6, 6.07) is 11.3. The average Bonchev–Trinajstić information content (AvgIpc) is 2.68. The average molecular weight is 444 g/mol. The summed E-state index contributed by atoms with van der Waals surface area (Å²) in [5.41, 5.74) is -0.0372. The monoisotopic (exact) mass is 444 g/mol. The van der Waals surface area contributed by atoms with E-state index in [1.807, 2.05) is 0 Å². The smallest absolute Gasteiger partial charge is 0.416 e. The highest BCUT2D eigenvalue weighted by molar-refractivity contribution is 7.92. The summed E-state index contributed by atoms with van der Waals surface area (Å²) in [6.45, 7) is 0.0252. The maximum atomic E-state index is 12.7. The molecule has 10 heteroatoms. The Kier molecular flexibility index (Phi) is 7.71. The zero-order valence-electron chi connectivity index (χ0n) is 16.6. The number of benzene rings is 2. The van der Waals surface area contributed by atoms with Crippen molar-refractivity contribution < 1.29 is 31.1 Å². The fourth-order valence-corrected chi connectivity index (χ4v) is 3.74. The van der Waals surface area contributed by atoms with E-state index in [9.17, 15) is 26.4 Å². The van der Waals surface area contributed by atoms with Crippen LogP contribution in [0.3, 0.4) is 0 Å². The van der Waals surface area contributed by atoms with Crippen molar-refractivity contribution in [1.82, 2.24) is 5.32 Å². The van der Waals surface area contributed by atoms with Gasteiger partial charge in [-0.2, -0.15) is 13.2 Å². The molecular weight excluding hydrogens is 421 g/mol. The van der Waals surface area contributed by atoms with E-state index in [0.29, 0.717) is 17.0 Å². The van der Waals surface area contributed by atoms with Crippen molar-refractivity contribution in [3.63, 3.8) is 0 Å². The topological polar surface area (TPSA) is 75.7 Å². The van der Waals surface area contributed by atoms with Gasteiger partial charge >= 0.3 is 6.18 Å². The van der Waals surface area contributed by atoms with Crippen LogP contribution >= 0.6 is 0 Å². The summed E-state index contributed by atoms with van der Waals surface area (Å²) in [4.78, 5) is 12.0. The van der Waals surface area contributed by atoms with Crippen LogP contribution < -0.4 is 14.4 Å². The molecule has 0 aromatic heterocycles. The Hall–Kier alpha value is -2.75. The van der Waals surface area contributed by atoms with Crippen LogP contribution in [0.15, 0.2) is 48.5 Å². The Morgan fingerprint density at radius 1 is 1.13 bits per heavy atom. The largest absolute Gasteiger partial charge is 0.497 e. The maximum absolute atomic E-state index is 12.7. The second-order valence-corrected chi connectivity index (χ2v) is 8.52. The van der Waals surface area contributed by atoms with E-state index < -0.39 is 21.8 Å². The van der Waals surface area contributed by atoms with Gasteiger partial charge in [0.1, 0.15) is 5.75 Å². The first-order chi connectivity index (χ1) is 14.0. The van der Waals surface area contributed by atoms with Crippen molar-refractivity contribution in [2.75, 3.05) is 24.2 Å². The molecule has 1 amide bonds. The van der Waals surface area contributed by atoms with Gasteiger partial charge in [-0.15, -0.1) is 0 Å². The normalized spacial score (nSPS) is 11.8. The first-order valence-corrected chi connectivity index (χ1v) is 10.9. The Balaban J connectivity index is 1.92. The molecule has 6 nitrogen and oxygen atoms in total. The van der Waals surface area contributed by atoms with Gasteiger partial charge in [0, 0.05) is 25.6 Å². The molecule has 164 valence electrons. The molecule has 2 aromatic rings. The van der Waals surface area contributed by atoms with Gasteiger partial charge in [0.15, 0.2) is 0 Å². The number of nitrogens with one attached hydrogen (secondary N) is 1. The molecule has 0 unspecified atom stereocenters. The van der Waals surface area contributed by atoms with Crippen molar-refractivity contribution in [3.8, 4) is 5.75 Å². The minimum atomic E-state index is -4.45. The van der Waals surface area contributed by atoms with Crippen molar-refractivity contribution in [2.24, 2.45) is 0 Å². The van der Waals surface area contributed by atoms with Gasteiger partial charge in [0.25, 0.3) is 0 Å². The molecule has 0 aliphatic rings. The van der Waals surface area contributed by atoms with Crippen LogP contribution in [-0.2, 0) is 27.5 Å². The summed E-state index contributed by atoms with van der Waals surface area (Å²) in [7, 11) is -2.10. The summed E-state index contributed by atoms with van der Waals surface area (Å²) in [5.74, 6) is 0.117. The standard InChI is InChI=1S/C20H23F3N2O4S/c1-29-18-9-4-8-17(13-18)25(30(2,27)28)11-5-10-19(26)24-14-15-6-3-7-16(12-15)20(21,22)23/h3-4,6-9,12-13H,5,10-11,14H2,1-2H3,(H,24,26). The molecule has 0 bridgehead atoms. The number of ether oxygens (including phenoxy) is 1. The summed E-state index contributed by atoms with van der Waals surface area (Å²) >= 11 is 0. The van der Waals surface area contributed by atoms with Crippen LogP contribution in [0.4, 0.5) is 18.9 Å². The number of nitrogens with zero attached hydrogens (tertiary/aromatic N) is 1. The lowest BCUT2D eigenvalue weighted by atomic mass is 10.1. The molecule has 0 heterocycles. The van der Waals surface area contributed by atoms with E-state index in [-0.39, 0.29) is 31.8 Å². The number of methoxy groups -OCH3 is 1. The fourth-order valence-electron chi connectivity index (χ4n) is 2.78. The van der Waals surface area contributed by atoms with Gasteiger partial charge in [0.2, 0.25) is 15.9 Å². The Labute approximate surface area is 173 Å². The molecule has 2 rings (SSSR count). The van der Waals surface area contributed by atoms with Crippen LogP contribution in [-0.4, -0.2) is 34.2 Å².